The second-order valence-electron chi connectivity index (χ2n) is 3.99. The third-order valence-corrected chi connectivity index (χ3v) is 2.67. The van der Waals surface area contributed by atoms with Gasteiger partial charge in [-0.3, -0.25) is 9.59 Å². The highest BCUT2D eigenvalue weighted by molar-refractivity contribution is 5.67. The number of rotatable bonds is 3. The summed E-state index contributed by atoms with van der Waals surface area (Å²) in [6.45, 7) is 6.53. The molecule has 0 bridgehead atoms. The van der Waals surface area contributed by atoms with Gasteiger partial charge in [0.2, 0.25) is 6.29 Å². The van der Waals surface area contributed by atoms with Gasteiger partial charge in [0.1, 0.15) is 0 Å². The maximum atomic E-state index is 11.0. The molecule has 5 heteroatoms. The highest BCUT2D eigenvalue weighted by Crippen LogP contribution is 2.31. The second kappa shape index (κ2) is 5.30. The molecule has 0 aliphatic carbocycles. The smallest absolute Gasteiger partial charge is 0.305 e. The number of carbonyl (C=O) groups is 2. The Hall–Kier alpha value is -1.10. The summed E-state index contributed by atoms with van der Waals surface area (Å²) in [6, 6.07) is 0. The van der Waals surface area contributed by atoms with E-state index in [9.17, 15) is 9.59 Å². The van der Waals surface area contributed by atoms with Crippen molar-refractivity contribution in [2.45, 2.75) is 52.6 Å². The van der Waals surface area contributed by atoms with Crippen molar-refractivity contribution in [3.63, 3.8) is 0 Å². The molecule has 0 amide bonds. The largest absolute Gasteiger partial charge is 0.455 e. The van der Waals surface area contributed by atoms with Crippen LogP contribution in [-0.2, 0) is 23.8 Å². The Balaban J connectivity index is 2.72. The van der Waals surface area contributed by atoms with Crippen LogP contribution >= 0.6 is 0 Å². The molecule has 0 aromatic heterocycles. The van der Waals surface area contributed by atoms with Crippen molar-refractivity contribution in [1.29, 1.82) is 0 Å². The van der Waals surface area contributed by atoms with Crippen molar-refractivity contribution in [2.75, 3.05) is 0 Å². The van der Waals surface area contributed by atoms with Crippen LogP contribution in [0, 0.1) is 5.92 Å². The molecule has 1 unspecified atom stereocenters. The van der Waals surface area contributed by atoms with Crippen LogP contribution in [0.1, 0.15) is 34.1 Å². The van der Waals surface area contributed by atoms with Crippen LogP contribution < -0.4 is 0 Å². The Morgan fingerprint density at radius 2 is 1.75 bits per heavy atom. The van der Waals surface area contributed by atoms with Gasteiger partial charge in [0, 0.05) is 19.8 Å². The van der Waals surface area contributed by atoms with Crippen molar-refractivity contribution in [1.82, 2.24) is 0 Å². The van der Waals surface area contributed by atoms with Gasteiger partial charge in [-0.1, -0.05) is 13.8 Å². The van der Waals surface area contributed by atoms with E-state index in [-0.39, 0.29) is 12.0 Å². The molecular formula is C11H18O5. The van der Waals surface area contributed by atoms with E-state index in [4.69, 9.17) is 14.2 Å². The minimum atomic E-state index is -0.777. The van der Waals surface area contributed by atoms with Gasteiger partial charge in [0.15, 0.2) is 6.10 Å². The zero-order chi connectivity index (χ0) is 12.3. The Bertz CT molecular complexity index is 276. The van der Waals surface area contributed by atoms with Gasteiger partial charge >= 0.3 is 11.9 Å². The maximum Gasteiger partial charge on any atom is 0.305 e. The Labute approximate surface area is 95.0 Å². The molecule has 0 N–H and O–H groups in total. The fourth-order valence-corrected chi connectivity index (χ4v) is 1.91. The maximum absolute atomic E-state index is 11.0. The lowest BCUT2D eigenvalue weighted by Gasteiger charge is -2.19. The average Bonchev–Trinajstić information content (AvgIpc) is 2.44. The minimum absolute atomic E-state index is 0.0262. The lowest BCUT2D eigenvalue weighted by Crippen LogP contribution is -2.33. The summed E-state index contributed by atoms with van der Waals surface area (Å²) in [5, 5.41) is 0. The summed E-state index contributed by atoms with van der Waals surface area (Å²) in [5.74, 6) is -0.807. The molecule has 16 heavy (non-hydrogen) atoms. The molecule has 1 aliphatic rings. The average molecular weight is 230 g/mol. The molecule has 1 aliphatic heterocycles. The molecule has 4 atom stereocenters. The van der Waals surface area contributed by atoms with Crippen LogP contribution in [0.2, 0.25) is 0 Å². The first-order chi connectivity index (χ1) is 7.45. The fourth-order valence-electron chi connectivity index (χ4n) is 1.91. The summed E-state index contributed by atoms with van der Waals surface area (Å²) >= 11 is 0. The van der Waals surface area contributed by atoms with E-state index in [1.807, 2.05) is 13.8 Å². The van der Waals surface area contributed by atoms with Crippen molar-refractivity contribution >= 4 is 11.9 Å². The first kappa shape index (κ1) is 13.0. The predicted molar refractivity (Wildman–Crippen MR) is 55.4 cm³/mol. The van der Waals surface area contributed by atoms with Crippen LogP contribution in [0.5, 0.6) is 0 Å². The summed E-state index contributed by atoms with van der Waals surface area (Å²) in [4.78, 5) is 21.8. The van der Waals surface area contributed by atoms with E-state index < -0.39 is 24.3 Å². The summed E-state index contributed by atoms with van der Waals surface area (Å²) in [5.41, 5.74) is 0. The molecule has 0 aromatic carbocycles. The van der Waals surface area contributed by atoms with Gasteiger partial charge < -0.3 is 14.2 Å². The molecule has 0 aromatic rings. The van der Waals surface area contributed by atoms with E-state index in [1.165, 1.54) is 13.8 Å². The molecule has 1 saturated heterocycles. The first-order valence-corrected chi connectivity index (χ1v) is 5.45. The Morgan fingerprint density at radius 3 is 2.19 bits per heavy atom. The van der Waals surface area contributed by atoms with Gasteiger partial charge in [-0.15, -0.1) is 0 Å². The standard InChI is InChI=1S/C11H18O5/c1-5-9-6(2)10(14-7(3)12)11(16-9)15-8(4)13/h6,9-11H,5H2,1-4H3/t6-,9-,10?,11-/m1/s1. The predicted octanol–water partition coefficient (Wildman–Crippen LogP) is 1.25. The van der Waals surface area contributed by atoms with Crippen molar-refractivity contribution < 1.29 is 23.8 Å². The van der Waals surface area contributed by atoms with E-state index >= 15 is 0 Å². The molecule has 1 rings (SSSR count). The van der Waals surface area contributed by atoms with Crippen LogP contribution in [0.25, 0.3) is 0 Å². The van der Waals surface area contributed by atoms with Crippen molar-refractivity contribution in [3.05, 3.63) is 0 Å². The molecule has 0 radical (unpaired) electrons. The number of carbonyl (C=O) groups excluding carboxylic acids is 2. The molecule has 92 valence electrons. The van der Waals surface area contributed by atoms with Crippen molar-refractivity contribution in [3.8, 4) is 0 Å². The lowest BCUT2D eigenvalue weighted by molar-refractivity contribution is -0.194. The number of hydrogen-bond donors (Lipinski definition) is 0. The number of esters is 2. The number of ether oxygens (including phenoxy) is 3. The zero-order valence-electron chi connectivity index (χ0n) is 10.1. The van der Waals surface area contributed by atoms with Crippen molar-refractivity contribution in [2.24, 2.45) is 5.92 Å². The quantitative estimate of drug-likeness (QED) is 0.683. The SMILES string of the molecule is CC[C@H]1O[C@@H](OC(C)=O)C(OC(C)=O)[C@@H]1C. The minimum Gasteiger partial charge on any atom is -0.455 e. The third kappa shape index (κ3) is 2.95. The van der Waals surface area contributed by atoms with Gasteiger partial charge in [0.05, 0.1) is 6.10 Å². The third-order valence-electron chi connectivity index (χ3n) is 2.67. The second-order valence-corrected chi connectivity index (χ2v) is 3.99. The molecule has 0 spiro atoms. The van der Waals surface area contributed by atoms with Crippen LogP contribution in [0.4, 0.5) is 0 Å². The molecule has 1 heterocycles. The summed E-state index contributed by atoms with van der Waals surface area (Å²) in [6.07, 6.45) is -0.544. The van der Waals surface area contributed by atoms with Gasteiger partial charge in [-0.05, 0) is 6.42 Å². The van der Waals surface area contributed by atoms with Gasteiger partial charge in [-0.2, -0.15) is 0 Å². The van der Waals surface area contributed by atoms with E-state index in [0.29, 0.717) is 0 Å². The Kier molecular flexibility index (Phi) is 4.29. The normalized spacial score (nSPS) is 33.5. The van der Waals surface area contributed by atoms with E-state index in [0.717, 1.165) is 6.42 Å². The number of hydrogen-bond acceptors (Lipinski definition) is 5. The van der Waals surface area contributed by atoms with E-state index in [1.54, 1.807) is 0 Å². The molecule has 0 saturated carbocycles. The first-order valence-electron chi connectivity index (χ1n) is 5.45. The Morgan fingerprint density at radius 1 is 1.19 bits per heavy atom. The van der Waals surface area contributed by atoms with Crippen LogP contribution in [0.3, 0.4) is 0 Å². The zero-order valence-corrected chi connectivity index (χ0v) is 10.1. The van der Waals surface area contributed by atoms with Gasteiger partial charge in [-0.25, -0.2) is 0 Å². The highest BCUT2D eigenvalue weighted by atomic mass is 16.7. The lowest BCUT2D eigenvalue weighted by atomic mass is 9.99. The molecular weight excluding hydrogens is 212 g/mol. The van der Waals surface area contributed by atoms with E-state index in [2.05, 4.69) is 0 Å². The van der Waals surface area contributed by atoms with Crippen LogP contribution in [-0.4, -0.2) is 30.4 Å². The fraction of sp³-hybridized carbons (Fsp3) is 0.818. The summed E-state index contributed by atoms with van der Waals surface area (Å²) in [7, 11) is 0. The summed E-state index contributed by atoms with van der Waals surface area (Å²) < 4.78 is 15.6. The monoisotopic (exact) mass is 230 g/mol. The molecule has 1 fully saturated rings. The van der Waals surface area contributed by atoms with Gasteiger partial charge in [0.25, 0.3) is 0 Å². The highest BCUT2D eigenvalue weighted by Gasteiger charge is 2.45. The topological polar surface area (TPSA) is 61.8 Å². The van der Waals surface area contributed by atoms with Crippen LogP contribution in [0.15, 0.2) is 0 Å². The molecule has 5 nitrogen and oxygen atoms in total.